The Labute approximate surface area is 122 Å². The molecule has 0 spiro atoms. The maximum atomic E-state index is 12.3. The summed E-state index contributed by atoms with van der Waals surface area (Å²) in [5.74, 6) is -0.310. The first-order valence-corrected chi connectivity index (χ1v) is 8.43. The molecule has 2 amide bonds. The van der Waals surface area contributed by atoms with Gasteiger partial charge in [0.1, 0.15) is 0 Å². The Morgan fingerprint density at radius 2 is 1.90 bits per heavy atom. The van der Waals surface area contributed by atoms with Crippen LogP contribution in [0.3, 0.4) is 0 Å². The third-order valence-corrected chi connectivity index (χ3v) is 4.96. The van der Waals surface area contributed by atoms with Crippen LogP contribution in [0, 0.1) is 0 Å². The first-order chi connectivity index (χ1) is 9.54. The van der Waals surface area contributed by atoms with Crippen molar-refractivity contribution in [3.8, 4) is 0 Å². The molecule has 5 heteroatoms. The first kappa shape index (κ1) is 14.9. The van der Waals surface area contributed by atoms with Gasteiger partial charge in [-0.25, -0.2) is 0 Å². The third kappa shape index (κ3) is 2.99. The fourth-order valence-electron chi connectivity index (χ4n) is 2.21. The molecule has 0 unspecified atom stereocenters. The summed E-state index contributed by atoms with van der Waals surface area (Å²) < 4.78 is 5.67. The fourth-order valence-corrected chi connectivity index (χ4v) is 3.24. The van der Waals surface area contributed by atoms with E-state index in [0.717, 1.165) is 18.0 Å². The molecule has 0 bridgehead atoms. The Balaban J connectivity index is 2.18. The van der Waals surface area contributed by atoms with Gasteiger partial charge in [-0.05, 0) is 37.6 Å². The highest BCUT2D eigenvalue weighted by Gasteiger charge is 2.34. The molecule has 20 heavy (non-hydrogen) atoms. The number of amides is 2. The van der Waals surface area contributed by atoms with E-state index in [-0.39, 0.29) is 17.9 Å². The van der Waals surface area contributed by atoms with E-state index in [9.17, 15) is 9.59 Å². The molecule has 1 aliphatic heterocycles. The molecule has 4 nitrogen and oxygen atoms in total. The molecule has 1 aromatic carbocycles. The van der Waals surface area contributed by atoms with E-state index in [2.05, 4.69) is 0 Å². The van der Waals surface area contributed by atoms with Crippen LogP contribution in [-0.4, -0.2) is 39.1 Å². The molecule has 1 aromatic rings. The molecule has 0 N–H and O–H groups in total. The Morgan fingerprint density at radius 3 is 2.55 bits per heavy atom. The molecule has 1 heterocycles. The zero-order valence-electron chi connectivity index (χ0n) is 12.3. The van der Waals surface area contributed by atoms with Crippen LogP contribution >= 0.6 is 0 Å². The zero-order valence-corrected chi connectivity index (χ0v) is 13.7. The maximum Gasteiger partial charge on any atom is 0.261 e. The van der Waals surface area contributed by atoms with Gasteiger partial charge >= 0.3 is 0 Å². The number of imide groups is 1. The van der Waals surface area contributed by atoms with Gasteiger partial charge in [0.2, 0.25) is 0 Å². The second kappa shape index (κ2) is 6.32. The van der Waals surface area contributed by atoms with Gasteiger partial charge in [0, 0.05) is 12.6 Å². The minimum Gasteiger partial charge on any atom is -0.416 e. The van der Waals surface area contributed by atoms with Crippen LogP contribution < -0.4 is 5.19 Å². The predicted molar refractivity (Wildman–Crippen MR) is 81.1 cm³/mol. The highest BCUT2D eigenvalue weighted by Crippen LogP contribution is 2.22. The molecule has 0 radical (unpaired) electrons. The van der Waals surface area contributed by atoms with Crippen LogP contribution in [-0.2, 0) is 4.43 Å². The number of carbonyl (C=O) groups is 2. The normalized spacial score (nSPS) is 14.9. The van der Waals surface area contributed by atoms with Crippen LogP contribution in [0.4, 0.5) is 0 Å². The number of hydrogen-bond acceptors (Lipinski definition) is 3. The van der Waals surface area contributed by atoms with Crippen molar-refractivity contribution in [1.29, 1.82) is 0 Å². The highest BCUT2D eigenvalue weighted by molar-refractivity contribution is 6.47. The topological polar surface area (TPSA) is 46.6 Å². The summed E-state index contributed by atoms with van der Waals surface area (Å²) in [4.78, 5) is 25.8. The van der Waals surface area contributed by atoms with Crippen molar-refractivity contribution in [3.63, 3.8) is 0 Å². The van der Waals surface area contributed by atoms with Crippen LogP contribution in [0.5, 0.6) is 0 Å². The van der Waals surface area contributed by atoms with E-state index < -0.39 is 9.76 Å². The molecular formula is C15H21NO3Si. The second-order valence-corrected chi connectivity index (χ2v) is 6.79. The lowest BCUT2D eigenvalue weighted by molar-refractivity contribution is 0.0652. The quantitative estimate of drug-likeness (QED) is 0.585. The molecule has 0 aliphatic carbocycles. The number of nitrogens with zero attached hydrogens (tertiary/aromatic N) is 1. The standard InChI is InChI=1S/C15H21NO3Si/c1-4-5-8-16-14(17)12-7-6-11(20-19-10(2)3)9-13(12)15(16)18/h6-7,9-10H,4-5,8,20H2,1-3H3. The van der Waals surface area contributed by atoms with E-state index in [4.69, 9.17) is 4.43 Å². The Kier molecular flexibility index (Phi) is 4.72. The maximum absolute atomic E-state index is 12.3. The van der Waals surface area contributed by atoms with Crippen LogP contribution in [0.1, 0.15) is 54.3 Å². The number of fused-ring (bicyclic) bond motifs is 1. The summed E-state index contributed by atoms with van der Waals surface area (Å²) in [6.45, 7) is 6.56. The number of hydrogen-bond donors (Lipinski definition) is 0. The fraction of sp³-hybridized carbons (Fsp3) is 0.467. The van der Waals surface area contributed by atoms with Gasteiger partial charge in [0.15, 0.2) is 9.76 Å². The molecule has 0 aromatic heterocycles. The van der Waals surface area contributed by atoms with Gasteiger partial charge in [-0.2, -0.15) is 0 Å². The van der Waals surface area contributed by atoms with Gasteiger partial charge in [-0.3, -0.25) is 14.5 Å². The SMILES string of the molecule is CCCCN1C(=O)c2ccc([SiH2]OC(C)C)cc2C1=O. The van der Waals surface area contributed by atoms with Gasteiger partial charge in [0.25, 0.3) is 11.8 Å². The summed E-state index contributed by atoms with van der Waals surface area (Å²) in [5, 5.41) is 1.07. The molecule has 0 saturated heterocycles. The van der Waals surface area contributed by atoms with Gasteiger partial charge in [-0.1, -0.05) is 19.4 Å². The van der Waals surface area contributed by atoms with Crippen LogP contribution in [0.15, 0.2) is 18.2 Å². The molecular weight excluding hydrogens is 270 g/mol. The number of benzene rings is 1. The summed E-state index contributed by atoms with van der Waals surface area (Å²) in [6.07, 6.45) is 2.02. The van der Waals surface area contributed by atoms with Crippen molar-refractivity contribution in [2.24, 2.45) is 0 Å². The first-order valence-electron chi connectivity index (χ1n) is 7.15. The average Bonchev–Trinajstić information content (AvgIpc) is 2.66. The van der Waals surface area contributed by atoms with Gasteiger partial charge in [0.05, 0.1) is 11.1 Å². The monoisotopic (exact) mass is 291 g/mol. The van der Waals surface area contributed by atoms with E-state index >= 15 is 0 Å². The lowest BCUT2D eigenvalue weighted by Gasteiger charge is -2.12. The second-order valence-electron chi connectivity index (χ2n) is 5.36. The van der Waals surface area contributed by atoms with Crippen molar-refractivity contribution in [2.45, 2.75) is 39.7 Å². The van der Waals surface area contributed by atoms with Crippen LogP contribution in [0.2, 0.25) is 0 Å². The predicted octanol–water partition coefficient (Wildman–Crippen LogP) is 1.22. The average molecular weight is 291 g/mol. The lowest BCUT2D eigenvalue weighted by Crippen LogP contribution is -2.30. The van der Waals surface area contributed by atoms with E-state index in [0.29, 0.717) is 17.7 Å². The molecule has 1 aliphatic rings. The highest BCUT2D eigenvalue weighted by atomic mass is 28.2. The Hall–Kier alpha value is -1.46. The Bertz CT molecular complexity index is 528. The molecule has 108 valence electrons. The molecule has 0 saturated carbocycles. The third-order valence-electron chi connectivity index (χ3n) is 3.35. The van der Waals surface area contributed by atoms with Crippen molar-refractivity contribution >= 4 is 26.8 Å². The van der Waals surface area contributed by atoms with Crippen molar-refractivity contribution in [1.82, 2.24) is 4.90 Å². The summed E-state index contributed by atoms with van der Waals surface area (Å²) in [7, 11) is -0.832. The smallest absolute Gasteiger partial charge is 0.261 e. The summed E-state index contributed by atoms with van der Waals surface area (Å²) in [6, 6.07) is 5.53. The minimum atomic E-state index is -0.832. The van der Waals surface area contributed by atoms with E-state index in [1.54, 1.807) is 6.07 Å². The van der Waals surface area contributed by atoms with Crippen molar-refractivity contribution in [2.75, 3.05) is 6.54 Å². The Morgan fingerprint density at radius 1 is 1.20 bits per heavy atom. The minimum absolute atomic E-state index is 0.154. The summed E-state index contributed by atoms with van der Waals surface area (Å²) in [5.41, 5.74) is 1.08. The van der Waals surface area contributed by atoms with E-state index in [1.807, 2.05) is 32.9 Å². The van der Waals surface area contributed by atoms with E-state index in [1.165, 1.54) is 4.90 Å². The van der Waals surface area contributed by atoms with Crippen molar-refractivity contribution in [3.05, 3.63) is 29.3 Å². The number of unbranched alkanes of at least 4 members (excludes halogenated alkanes) is 1. The summed E-state index contributed by atoms with van der Waals surface area (Å²) >= 11 is 0. The number of carbonyl (C=O) groups excluding carboxylic acids is 2. The largest absolute Gasteiger partial charge is 0.416 e. The van der Waals surface area contributed by atoms with Gasteiger partial charge in [-0.15, -0.1) is 0 Å². The molecule has 0 fully saturated rings. The molecule has 2 rings (SSSR count). The zero-order chi connectivity index (χ0) is 14.7. The van der Waals surface area contributed by atoms with Crippen LogP contribution in [0.25, 0.3) is 0 Å². The lowest BCUT2D eigenvalue weighted by atomic mass is 10.1. The van der Waals surface area contributed by atoms with Crippen molar-refractivity contribution < 1.29 is 14.0 Å². The molecule has 0 atom stereocenters. The van der Waals surface area contributed by atoms with Gasteiger partial charge < -0.3 is 4.43 Å². The number of rotatable bonds is 6.